The van der Waals surface area contributed by atoms with Crippen LogP contribution in [0.4, 0.5) is 0 Å². The van der Waals surface area contributed by atoms with Crippen molar-refractivity contribution in [3.8, 4) is 16.2 Å². The van der Waals surface area contributed by atoms with Crippen LogP contribution in [-0.2, 0) is 13.2 Å². The molecule has 2 aromatic heterocycles. The lowest BCUT2D eigenvalue weighted by molar-refractivity contribution is 0.0631. The van der Waals surface area contributed by atoms with Crippen LogP contribution in [0.1, 0.15) is 20.9 Å². The molecule has 1 aromatic carbocycles. The van der Waals surface area contributed by atoms with E-state index in [9.17, 15) is 4.79 Å². The van der Waals surface area contributed by atoms with E-state index in [1.807, 2.05) is 53.6 Å². The molecule has 5 nitrogen and oxygen atoms in total. The van der Waals surface area contributed by atoms with E-state index in [1.54, 1.807) is 11.3 Å². The maximum Gasteiger partial charge on any atom is 0.264 e. The summed E-state index contributed by atoms with van der Waals surface area (Å²) in [7, 11) is 0. The fourth-order valence-electron chi connectivity index (χ4n) is 3.79. The number of benzene rings is 1. The lowest BCUT2D eigenvalue weighted by Gasteiger charge is -2.34. The van der Waals surface area contributed by atoms with Crippen LogP contribution in [0.25, 0.3) is 10.4 Å². The van der Waals surface area contributed by atoms with Gasteiger partial charge in [-0.3, -0.25) is 14.7 Å². The summed E-state index contributed by atoms with van der Waals surface area (Å²) in [5, 5.41) is 0. The molecule has 1 amide bonds. The van der Waals surface area contributed by atoms with Gasteiger partial charge in [0.05, 0.1) is 10.6 Å². The summed E-state index contributed by atoms with van der Waals surface area (Å²) in [5.41, 5.74) is 3.28. The first-order chi connectivity index (χ1) is 13.8. The Morgan fingerprint density at radius 1 is 1.07 bits per heavy atom. The molecular weight excluding hydrogens is 370 g/mol. The summed E-state index contributed by atoms with van der Waals surface area (Å²) in [4.78, 5) is 23.8. The molecule has 0 N–H and O–H groups in total. The van der Waals surface area contributed by atoms with Crippen LogP contribution in [0.15, 0.2) is 54.7 Å². The number of nitrogens with zero attached hydrogens (tertiary/aromatic N) is 3. The first kappa shape index (κ1) is 17.4. The van der Waals surface area contributed by atoms with Crippen LogP contribution in [0.3, 0.4) is 0 Å². The number of thiophene rings is 1. The number of hydrogen-bond acceptors (Lipinski definition) is 5. The molecule has 2 aliphatic heterocycles. The Kier molecular flexibility index (Phi) is 4.58. The van der Waals surface area contributed by atoms with Gasteiger partial charge in [-0.2, -0.15) is 0 Å². The van der Waals surface area contributed by atoms with E-state index in [4.69, 9.17) is 4.74 Å². The van der Waals surface area contributed by atoms with Crippen molar-refractivity contribution in [3.05, 3.63) is 70.9 Å². The van der Waals surface area contributed by atoms with Gasteiger partial charge in [-0.1, -0.05) is 18.2 Å². The number of fused-ring (bicyclic) bond motifs is 3. The third kappa shape index (κ3) is 3.30. The smallest absolute Gasteiger partial charge is 0.264 e. The number of para-hydroxylation sites is 1. The van der Waals surface area contributed by atoms with Gasteiger partial charge in [-0.05, 0) is 30.3 Å². The molecule has 0 aliphatic carbocycles. The molecular formula is C22H21N3O2S. The third-order valence-electron chi connectivity index (χ3n) is 5.31. The van der Waals surface area contributed by atoms with Crippen molar-refractivity contribution in [1.29, 1.82) is 0 Å². The van der Waals surface area contributed by atoms with Crippen LogP contribution in [0, 0.1) is 0 Å². The SMILES string of the molecule is O=C(c1cc2c(s1)-c1ccccc1OC2)N1CCN(Cc2ccccn2)CC1. The van der Waals surface area contributed by atoms with Gasteiger partial charge in [0.1, 0.15) is 12.4 Å². The number of rotatable bonds is 3. The number of amides is 1. The fraction of sp³-hybridized carbons (Fsp3) is 0.273. The number of hydrogen-bond donors (Lipinski definition) is 0. The van der Waals surface area contributed by atoms with Crippen LogP contribution < -0.4 is 4.74 Å². The molecule has 1 saturated heterocycles. The molecule has 1 fully saturated rings. The van der Waals surface area contributed by atoms with E-state index < -0.39 is 0 Å². The Morgan fingerprint density at radius 3 is 2.71 bits per heavy atom. The van der Waals surface area contributed by atoms with Gasteiger partial charge in [0.25, 0.3) is 5.91 Å². The first-order valence-electron chi connectivity index (χ1n) is 9.54. The average molecular weight is 391 g/mol. The topological polar surface area (TPSA) is 45.7 Å². The Bertz CT molecular complexity index is 994. The predicted molar refractivity (Wildman–Crippen MR) is 110 cm³/mol. The molecule has 0 saturated carbocycles. The Labute approximate surface area is 168 Å². The van der Waals surface area contributed by atoms with E-state index in [-0.39, 0.29) is 5.91 Å². The fourth-order valence-corrected chi connectivity index (χ4v) is 4.96. The van der Waals surface area contributed by atoms with E-state index in [1.165, 1.54) is 4.88 Å². The van der Waals surface area contributed by atoms with Crippen LogP contribution in [0.5, 0.6) is 5.75 Å². The molecule has 4 heterocycles. The Morgan fingerprint density at radius 2 is 1.89 bits per heavy atom. The molecule has 0 unspecified atom stereocenters. The van der Waals surface area contributed by atoms with Crippen molar-refractivity contribution in [2.24, 2.45) is 0 Å². The second-order valence-corrected chi connectivity index (χ2v) is 8.19. The third-order valence-corrected chi connectivity index (χ3v) is 6.50. The van der Waals surface area contributed by atoms with Gasteiger partial charge in [-0.25, -0.2) is 0 Å². The van der Waals surface area contributed by atoms with Crippen LogP contribution in [0.2, 0.25) is 0 Å². The Balaban J connectivity index is 1.27. The highest BCUT2D eigenvalue weighted by atomic mass is 32.1. The quantitative estimate of drug-likeness (QED) is 0.684. The highest BCUT2D eigenvalue weighted by Crippen LogP contribution is 2.42. The molecule has 142 valence electrons. The van der Waals surface area contributed by atoms with Gasteiger partial charge < -0.3 is 9.64 Å². The highest BCUT2D eigenvalue weighted by Gasteiger charge is 2.27. The second-order valence-electron chi connectivity index (χ2n) is 7.14. The van der Waals surface area contributed by atoms with Crippen LogP contribution >= 0.6 is 11.3 Å². The summed E-state index contributed by atoms with van der Waals surface area (Å²) in [6, 6.07) is 16.1. The van der Waals surface area contributed by atoms with E-state index in [0.717, 1.165) is 60.2 Å². The van der Waals surface area contributed by atoms with Crippen molar-refractivity contribution in [2.45, 2.75) is 13.2 Å². The zero-order valence-corrected chi connectivity index (χ0v) is 16.3. The van der Waals surface area contributed by atoms with E-state index in [2.05, 4.69) is 16.0 Å². The second kappa shape index (κ2) is 7.37. The molecule has 0 radical (unpaired) electrons. The van der Waals surface area contributed by atoms with Crippen molar-refractivity contribution in [1.82, 2.24) is 14.8 Å². The Hall–Kier alpha value is -2.70. The average Bonchev–Trinajstić information content (AvgIpc) is 3.19. The zero-order valence-electron chi connectivity index (χ0n) is 15.5. The lowest BCUT2D eigenvalue weighted by Crippen LogP contribution is -2.48. The van der Waals surface area contributed by atoms with E-state index >= 15 is 0 Å². The molecule has 0 bridgehead atoms. The molecule has 0 spiro atoms. The number of carbonyl (C=O) groups is 1. The van der Waals surface area contributed by atoms with Gasteiger partial charge >= 0.3 is 0 Å². The molecule has 5 rings (SSSR count). The highest BCUT2D eigenvalue weighted by molar-refractivity contribution is 7.17. The lowest BCUT2D eigenvalue weighted by atomic mass is 10.1. The maximum atomic E-state index is 13.1. The summed E-state index contributed by atoms with van der Waals surface area (Å²) in [6.45, 7) is 4.62. The van der Waals surface area contributed by atoms with Gasteiger partial charge in [0.15, 0.2) is 0 Å². The largest absolute Gasteiger partial charge is 0.488 e. The molecule has 0 atom stereocenters. The molecule has 28 heavy (non-hydrogen) atoms. The minimum atomic E-state index is 0.134. The summed E-state index contributed by atoms with van der Waals surface area (Å²) in [6.07, 6.45) is 1.83. The zero-order chi connectivity index (χ0) is 18.9. The predicted octanol–water partition coefficient (Wildman–Crippen LogP) is 3.66. The standard InChI is InChI=1S/C22H21N3O2S/c26-22(25-11-9-24(10-12-25)14-17-5-3-4-8-23-17)20-13-16-15-27-19-7-2-1-6-18(19)21(16)28-20/h1-8,13H,9-12,14-15H2. The number of aromatic nitrogens is 1. The number of carbonyl (C=O) groups excluding carboxylic acids is 1. The van der Waals surface area contributed by atoms with E-state index in [0.29, 0.717) is 6.61 Å². The number of piperazine rings is 1. The summed E-state index contributed by atoms with van der Waals surface area (Å²) in [5.74, 6) is 1.04. The monoisotopic (exact) mass is 391 g/mol. The van der Waals surface area contributed by atoms with Crippen LogP contribution in [-0.4, -0.2) is 46.9 Å². The van der Waals surface area contributed by atoms with Crippen molar-refractivity contribution in [3.63, 3.8) is 0 Å². The minimum absolute atomic E-state index is 0.134. The molecule has 2 aliphatic rings. The molecule has 6 heteroatoms. The first-order valence-corrected chi connectivity index (χ1v) is 10.4. The summed E-state index contributed by atoms with van der Waals surface area (Å²) < 4.78 is 5.83. The van der Waals surface area contributed by atoms with Crippen molar-refractivity contribution < 1.29 is 9.53 Å². The van der Waals surface area contributed by atoms with Crippen molar-refractivity contribution >= 4 is 17.2 Å². The minimum Gasteiger partial charge on any atom is -0.488 e. The van der Waals surface area contributed by atoms with Crippen molar-refractivity contribution in [2.75, 3.05) is 26.2 Å². The normalized spacial score (nSPS) is 16.2. The number of ether oxygens (including phenoxy) is 1. The summed E-state index contributed by atoms with van der Waals surface area (Å²) >= 11 is 1.59. The van der Waals surface area contributed by atoms with Gasteiger partial charge in [-0.15, -0.1) is 11.3 Å². The van der Waals surface area contributed by atoms with Gasteiger partial charge in [0, 0.05) is 54.9 Å². The van der Waals surface area contributed by atoms with Gasteiger partial charge in [0.2, 0.25) is 0 Å². The maximum absolute atomic E-state index is 13.1. The number of pyridine rings is 1. The molecule has 3 aromatic rings.